The predicted octanol–water partition coefficient (Wildman–Crippen LogP) is 3.31. The quantitative estimate of drug-likeness (QED) is 0.855. The summed E-state index contributed by atoms with van der Waals surface area (Å²) in [6, 6.07) is 8.32. The van der Waals surface area contributed by atoms with Crippen LogP contribution in [-0.4, -0.2) is 43.3 Å². The molecular formula is C20H26N4O. The van der Waals surface area contributed by atoms with Gasteiger partial charge in [-0.1, -0.05) is 6.07 Å². The molecule has 1 aromatic carbocycles. The summed E-state index contributed by atoms with van der Waals surface area (Å²) in [6.45, 7) is 8.22. The summed E-state index contributed by atoms with van der Waals surface area (Å²) < 4.78 is 5.35. The molecule has 2 heterocycles. The molecule has 1 aliphatic heterocycles. The molecule has 0 N–H and O–H groups in total. The zero-order chi connectivity index (χ0) is 17.4. The maximum absolute atomic E-state index is 5.35. The highest BCUT2D eigenvalue weighted by molar-refractivity contribution is 5.54. The molecule has 1 saturated heterocycles. The van der Waals surface area contributed by atoms with Gasteiger partial charge in [-0.25, -0.2) is 9.97 Å². The highest BCUT2D eigenvalue weighted by atomic mass is 16.5. The Labute approximate surface area is 149 Å². The first-order chi connectivity index (χ1) is 12.2. The average molecular weight is 338 g/mol. The summed E-state index contributed by atoms with van der Waals surface area (Å²) in [7, 11) is 1.72. The molecule has 2 aromatic rings. The Morgan fingerprint density at radius 2 is 1.72 bits per heavy atom. The molecule has 1 saturated carbocycles. The number of nitrogens with zero attached hydrogens (tertiary/aromatic N) is 4. The predicted molar refractivity (Wildman–Crippen MR) is 101 cm³/mol. The number of hydrogen-bond acceptors (Lipinski definition) is 5. The number of ether oxygens (including phenoxy) is 1. The topological polar surface area (TPSA) is 41.5 Å². The number of piperazine rings is 1. The molecule has 5 nitrogen and oxygen atoms in total. The lowest BCUT2D eigenvalue weighted by Gasteiger charge is -2.37. The fourth-order valence-corrected chi connectivity index (χ4v) is 3.45. The van der Waals surface area contributed by atoms with E-state index in [-0.39, 0.29) is 0 Å². The summed E-state index contributed by atoms with van der Waals surface area (Å²) in [5.74, 6) is 3.69. The summed E-state index contributed by atoms with van der Waals surface area (Å²) >= 11 is 0. The monoisotopic (exact) mass is 338 g/mol. The minimum absolute atomic E-state index is 0.594. The van der Waals surface area contributed by atoms with Gasteiger partial charge in [-0.2, -0.15) is 0 Å². The fourth-order valence-electron chi connectivity index (χ4n) is 3.45. The summed E-state index contributed by atoms with van der Waals surface area (Å²) in [5, 5.41) is 0. The molecule has 25 heavy (non-hydrogen) atoms. The number of aromatic nitrogens is 2. The Bertz CT molecular complexity index is 764. The number of rotatable bonds is 4. The van der Waals surface area contributed by atoms with Crippen LogP contribution in [0.5, 0.6) is 5.75 Å². The van der Waals surface area contributed by atoms with E-state index < -0.39 is 0 Å². The third kappa shape index (κ3) is 3.28. The van der Waals surface area contributed by atoms with Gasteiger partial charge in [-0.15, -0.1) is 0 Å². The minimum Gasteiger partial charge on any atom is -0.497 e. The van der Waals surface area contributed by atoms with Crippen LogP contribution in [-0.2, 0) is 0 Å². The van der Waals surface area contributed by atoms with Gasteiger partial charge in [-0.3, -0.25) is 0 Å². The lowest BCUT2D eigenvalue weighted by Crippen LogP contribution is -2.47. The highest BCUT2D eigenvalue weighted by Gasteiger charge is 2.29. The molecule has 1 aromatic heterocycles. The maximum atomic E-state index is 5.35. The molecule has 0 bridgehead atoms. The summed E-state index contributed by atoms with van der Waals surface area (Å²) in [4.78, 5) is 14.5. The lowest BCUT2D eigenvalue weighted by atomic mass is 10.2. The normalized spacial score (nSPS) is 17.7. The van der Waals surface area contributed by atoms with Crippen molar-refractivity contribution in [1.29, 1.82) is 0 Å². The van der Waals surface area contributed by atoms with Crippen molar-refractivity contribution in [3.63, 3.8) is 0 Å². The molecule has 0 unspecified atom stereocenters. The maximum Gasteiger partial charge on any atom is 0.135 e. The van der Waals surface area contributed by atoms with Gasteiger partial charge in [0, 0.05) is 55.1 Å². The SMILES string of the molecule is COc1cccc(N2CCN(c3nc(C4CC4)nc(C)c3C)CC2)c1. The minimum atomic E-state index is 0.594. The number of hydrogen-bond donors (Lipinski definition) is 0. The van der Waals surface area contributed by atoms with Crippen molar-refractivity contribution in [3.05, 3.63) is 41.3 Å². The van der Waals surface area contributed by atoms with E-state index in [1.165, 1.54) is 24.1 Å². The van der Waals surface area contributed by atoms with Crippen molar-refractivity contribution < 1.29 is 4.74 Å². The van der Waals surface area contributed by atoms with Gasteiger partial charge >= 0.3 is 0 Å². The molecule has 1 aliphatic carbocycles. The molecule has 132 valence electrons. The van der Waals surface area contributed by atoms with Crippen LogP contribution in [0.4, 0.5) is 11.5 Å². The fraction of sp³-hybridized carbons (Fsp3) is 0.500. The zero-order valence-corrected chi connectivity index (χ0v) is 15.3. The largest absolute Gasteiger partial charge is 0.497 e. The van der Waals surface area contributed by atoms with E-state index in [0.29, 0.717) is 5.92 Å². The van der Waals surface area contributed by atoms with E-state index in [0.717, 1.165) is 49.3 Å². The molecule has 0 atom stereocenters. The summed E-state index contributed by atoms with van der Waals surface area (Å²) in [6.07, 6.45) is 2.48. The van der Waals surface area contributed by atoms with E-state index >= 15 is 0 Å². The van der Waals surface area contributed by atoms with Crippen LogP contribution in [0.2, 0.25) is 0 Å². The third-order valence-electron chi connectivity index (χ3n) is 5.32. The zero-order valence-electron chi connectivity index (χ0n) is 15.3. The first-order valence-electron chi connectivity index (χ1n) is 9.15. The molecule has 0 radical (unpaired) electrons. The van der Waals surface area contributed by atoms with Crippen LogP contribution in [0.25, 0.3) is 0 Å². The van der Waals surface area contributed by atoms with Crippen molar-refractivity contribution in [3.8, 4) is 5.75 Å². The smallest absolute Gasteiger partial charge is 0.135 e. The van der Waals surface area contributed by atoms with Crippen LogP contribution in [0, 0.1) is 13.8 Å². The Balaban J connectivity index is 1.50. The third-order valence-corrected chi connectivity index (χ3v) is 5.32. The van der Waals surface area contributed by atoms with Crippen LogP contribution in [0.15, 0.2) is 24.3 Å². The van der Waals surface area contributed by atoms with E-state index in [1.807, 2.05) is 6.07 Å². The van der Waals surface area contributed by atoms with E-state index in [9.17, 15) is 0 Å². The standard InChI is InChI=1S/C20H26N4O/c1-14-15(2)21-19(16-7-8-16)22-20(14)24-11-9-23(10-12-24)17-5-4-6-18(13-17)25-3/h4-6,13,16H,7-12H2,1-3H3. The van der Waals surface area contributed by atoms with Gasteiger partial charge in [0.15, 0.2) is 0 Å². The second-order valence-corrected chi connectivity index (χ2v) is 7.07. The highest BCUT2D eigenvalue weighted by Crippen LogP contribution is 2.39. The average Bonchev–Trinajstić information content (AvgIpc) is 3.49. The van der Waals surface area contributed by atoms with Crippen molar-refractivity contribution in [2.24, 2.45) is 0 Å². The van der Waals surface area contributed by atoms with Crippen molar-refractivity contribution in [2.45, 2.75) is 32.6 Å². The molecule has 0 spiro atoms. The van der Waals surface area contributed by atoms with Crippen LogP contribution < -0.4 is 14.5 Å². The number of anilines is 2. The molecule has 2 fully saturated rings. The van der Waals surface area contributed by atoms with Crippen LogP contribution >= 0.6 is 0 Å². The van der Waals surface area contributed by atoms with Gasteiger partial charge in [0.05, 0.1) is 7.11 Å². The molecular weight excluding hydrogens is 312 g/mol. The molecule has 2 aliphatic rings. The second kappa shape index (κ2) is 6.54. The van der Waals surface area contributed by atoms with E-state index in [4.69, 9.17) is 14.7 Å². The van der Waals surface area contributed by atoms with Gasteiger partial charge in [-0.05, 0) is 38.8 Å². The lowest BCUT2D eigenvalue weighted by molar-refractivity contribution is 0.414. The van der Waals surface area contributed by atoms with Crippen molar-refractivity contribution in [2.75, 3.05) is 43.1 Å². The first kappa shape index (κ1) is 16.2. The number of aryl methyl sites for hydroxylation is 1. The van der Waals surface area contributed by atoms with Crippen molar-refractivity contribution in [1.82, 2.24) is 9.97 Å². The summed E-state index contributed by atoms with van der Waals surface area (Å²) in [5.41, 5.74) is 3.58. The Kier molecular flexibility index (Phi) is 4.24. The van der Waals surface area contributed by atoms with Gasteiger partial charge in [0.2, 0.25) is 0 Å². The first-order valence-corrected chi connectivity index (χ1v) is 9.15. The van der Waals surface area contributed by atoms with Gasteiger partial charge in [0.1, 0.15) is 17.4 Å². The van der Waals surface area contributed by atoms with Crippen LogP contribution in [0.3, 0.4) is 0 Å². The molecule has 5 heteroatoms. The Morgan fingerprint density at radius 1 is 1.00 bits per heavy atom. The Hall–Kier alpha value is -2.30. The second-order valence-electron chi connectivity index (χ2n) is 7.07. The van der Waals surface area contributed by atoms with E-state index in [2.05, 4.69) is 41.8 Å². The molecule has 0 amide bonds. The van der Waals surface area contributed by atoms with Crippen LogP contribution in [0.1, 0.15) is 35.8 Å². The number of methoxy groups -OCH3 is 1. The Morgan fingerprint density at radius 3 is 2.40 bits per heavy atom. The number of benzene rings is 1. The van der Waals surface area contributed by atoms with E-state index in [1.54, 1.807) is 7.11 Å². The van der Waals surface area contributed by atoms with Crippen molar-refractivity contribution >= 4 is 11.5 Å². The van der Waals surface area contributed by atoms with Gasteiger partial charge < -0.3 is 14.5 Å². The van der Waals surface area contributed by atoms with Gasteiger partial charge in [0.25, 0.3) is 0 Å². The molecule has 4 rings (SSSR count).